The first kappa shape index (κ1) is 26.9. The van der Waals surface area contributed by atoms with Gasteiger partial charge in [-0.3, -0.25) is 14.6 Å². The van der Waals surface area contributed by atoms with Crippen molar-refractivity contribution in [3.63, 3.8) is 0 Å². The number of carbonyl (C=O) groups excluding carboxylic acids is 2. The zero-order valence-electron chi connectivity index (χ0n) is 21.7. The van der Waals surface area contributed by atoms with Crippen molar-refractivity contribution in [1.29, 1.82) is 0 Å². The molecule has 2 atom stereocenters. The molecule has 11 nitrogen and oxygen atoms in total. The molecule has 1 aliphatic rings. The molecule has 0 saturated carbocycles. The number of hydrogen-bond acceptors (Lipinski definition) is 8. The number of imidazole rings is 1. The molecule has 4 aromatic heterocycles. The molecule has 0 bridgehead atoms. The second-order valence-corrected chi connectivity index (χ2v) is 9.26. The minimum absolute atomic E-state index is 0.0355. The average molecular weight is 551 g/mol. The van der Waals surface area contributed by atoms with Crippen molar-refractivity contribution in [3.8, 4) is 5.75 Å². The molecule has 0 aliphatic carbocycles. The van der Waals surface area contributed by atoms with Crippen LogP contribution in [0.15, 0.2) is 61.1 Å². The van der Waals surface area contributed by atoms with Gasteiger partial charge in [0.15, 0.2) is 11.3 Å². The van der Waals surface area contributed by atoms with Crippen molar-refractivity contribution in [3.05, 3.63) is 78.1 Å². The van der Waals surface area contributed by atoms with Crippen LogP contribution >= 0.6 is 0 Å². The van der Waals surface area contributed by atoms with Gasteiger partial charge < -0.3 is 20.3 Å². The lowest BCUT2D eigenvalue weighted by Gasteiger charge is -2.25. The Morgan fingerprint density at radius 2 is 1.95 bits per heavy atom. The number of hydrogen-bond donors (Lipinski definition) is 2. The number of amides is 2. The van der Waals surface area contributed by atoms with Crippen LogP contribution in [0.1, 0.15) is 52.5 Å². The number of rotatable bonds is 10. The molecule has 0 aromatic carbocycles. The van der Waals surface area contributed by atoms with Crippen LogP contribution in [0.3, 0.4) is 0 Å². The lowest BCUT2D eigenvalue weighted by Crippen LogP contribution is -2.37. The summed E-state index contributed by atoms with van der Waals surface area (Å²) < 4.78 is 32.1. The van der Waals surface area contributed by atoms with Gasteiger partial charge in [0, 0.05) is 18.8 Å². The van der Waals surface area contributed by atoms with Crippen molar-refractivity contribution in [2.75, 3.05) is 24.6 Å². The second-order valence-electron chi connectivity index (χ2n) is 9.26. The summed E-state index contributed by atoms with van der Waals surface area (Å²) in [5.74, 6) is 0.0915. The number of aromatic nitrogens is 5. The first-order valence-electron chi connectivity index (χ1n) is 12.9. The summed E-state index contributed by atoms with van der Waals surface area (Å²) in [5.41, 5.74) is 1.49. The van der Waals surface area contributed by atoms with E-state index in [1.54, 1.807) is 30.5 Å². The van der Waals surface area contributed by atoms with E-state index in [1.807, 2.05) is 30.0 Å². The number of nitrogens with zero attached hydrogens (tertiary/aromatic N) is 6. The van der Waals surface area contributed by atoms with Gasteiger partial charge in [-0.25, -0.2) is 23.3 Å². The van der Waals surface area contributed by atoms with Gasteiger partial charge in [-0.05, 0) is 49.2 Å². The van der Waals surface area contributed by atoms with E-state index in [0.717, 1.165) is 12.1 Å². The molecule has 0 spiro atoms. The lowest BCUT2D eigenvalue weighted by molar-refractivity contribution is 0.0884. The number of anilines is 1. The smallest absolute Gasteiger partial charge is 0.271 e. The van der Waals surface area contributed by atoms with Crippen LogP contribution < -0.4 is 20.3 Å². The van der Waals surface area contributed by atoms with Gasteiger partial charge in [-0.1, -0.05) is 13.0 Å². The molecule has 1 fully saturated rings. The van der Waals surface area contributed by atoms with Crippen LogP contribution in [0.4, 0.5) is 14.6 Å². The summed E-state index contributed by atoms with van der Waals surface area (Å²) in [4.78, 5) is 40.4. The highest BCUT2D eigenvalue weighted by molar-refractivity contribution is 5.93. The molecule has 0 radical (unpaired) electrons. The van der Waals surface area contributed by atoms with E-state index in [4.69, 9.17) is 4.74 Å². The highest BCUT2D eigenvalue weighted by atomic mass is 19.3. The summed E-state index contributed by atoms with van der Waals surface area (Å²) in [7, 11) is 0. The van der Waals surface area contributed by atoms with Gasteiger partial charge in [-0.2, -0.15) is 0 Å². The highest BCUT2D eigenvalue weighted by Crippen LogP contribution is 2.34. The fourth-order valence-electron chi connectivity index (χ4n) is 4.56. The van der Waals surface area contributed by atoms with E-state index in [9.17, 15) is 18.4 Å². The first-order chi connectivity index (χ1) is 19.4. The number of ether oxygens (including phenoxy) is 1. The molecule has 0 unspecified atom stereocenters. The SMILES string of the molecule is CCCOc1ccc(C(=O)N[C@H]2C[C@H](c3ccccn3)N(c3ccc4ncc(C(=O)NCC(F)F)n4n3)C2)nc1. The molecule has 1 aliphatic heterocycles. The van der Waals surface area contributed by atoms with Gasteiger partial charge in [0.05, 0.1) is 37.3 Å². The lowest BCUT2D eigenvalue weighted by atomic mass is 10.1. The van der Waals surface area contributed by atoms with Crippen molar-refractivity contribution < 1.29 is 23.1 Å². The Hall–Kier alpha value is -4.68. The Morgan fingerprint density at radius 3 is 2.67 bits per heavy atom. The Balaban J connectivity index is 1.38. The standard InChI is InChI=1S/C27H28F2N8O3/c1-2-11-40-18-6-7-20(31-13-18)26(38)34-17-12-21(19-5-3-4-10-30-19)36(16-17)25-9-8-24-32-14-22(37(24)35-25)27(39)33-15-23(28)29/h3-10,13-14,17,21,23H,2,11-12,15-16H2,1H3,(H,33,39)(H,34,38)/t17-,21+/m0/s1. The molecule has 2 N–H and O–H groups in total. The predicted octanol–water partition coefficient (Wildman–Crippen LogP) is 3.05. The van der Waals surface area contributed by atoms with E-state index < -0.39 is 18.9 Å². The number of carbonyl (C=O) groups is 2. The summed E-state index contributed by atoms with van der Waals surface area (Å²) in [6, 6.07) is 11.9. The van der Waals surface area contributed by atoms with Gasteiger partial charge in [0.2, 0.25) is 0 Å². The third-order valence-electron chi connectivity index (χ3n) is 6.40. The number of alkyl halides is 2. The van der Waals surface area contributed by atoms with Gasteiger partial charge in [0.25, 0.3) is 18.2 Å². The van der Waals surface area contributed by atoms with E-state index in [0.29, 0.717) is 36.8 Å². The van der Waals surface area contributed by atoms with Crippen LogP contribution in [-0.4, -0.2) is 68.5 Å². The van der Waals surface area contributed by atoms with Gasteiger partial charge >= 0.3 is 0 Å². The zero-order valence-corrected chi connectivity index (χ0v) is 21.7. The van der Waals surface area contributed by atoms with E-state index in [1.165, 1.54) is 16.9 Å². The molecule has 5 heterocycles. The molecule has 13 heteroatoms. The number of nitrogens with one attached hydrogen (secondary N) is 2. The third-order valence-corrected chi connectivity index (χ3v) is 6.40. The minimum Gasteiger partial charge on any atom is -0.492 e. The minimum atomic E-state index is -2.68. The molecule has 208 valence electrons. The normalized spacial score (nSPS) is 16.9. The van der Waals surface area contributed by atoms with Crippen LogP contribution in [-0.2, 0) is 0 Å². The second kappa shape index (κ2) is 12.0. The van der Waals surface area contributed by atoms with Crippen LogP contribution in [0, 0.1) is 0 Å². The Kier molecular flexibility index (Phi) is 8.08. The highest BCUT2D eigenvalue weighted by Gasteiger charge is 2.36. The molecular weight excluding hydrogens is 522 g/mol. The maximum Gasteiger partial charge on any atom is 0.271 e. The summed E-state index contributed by atoms with van der Waals surface area (Å²) in [5, 5.41) is 9.85. The predicted molar refractivity (Wildman–Crippen MR) is 142 cm³/mol. The maximum absolute atomic E-state index is 13.0. The largest absolute Gasteiger partial charge is 0.492 e. The number of halogens is 2. The monoisotopic (exact) mass is 550 g/mol. The summed E-state index contributed by atoms with van der Waals surface area (Å²) in [6.07, 6.45) is 3.26. The van der Waals surface area contributed by atoms with E-state index in [-0.39, 0.29) is 29.4 Å². The van der Waals surface area contributed by atoms with Gasteiger partial charge in [0.1, 0.15) is 17.3 Å². The Bertz CT molecular complexity index is 1470. The van der Waals surface area contributed by atoms with Crippen molar-refractivity contribution >= 4 is 23.3 Å². The topological polar surface area (TPSA) is 127 Å². The van der Waals surface area contributed by atoms with Crippen molar-refractivity contribution in [2.45, 2.75) is 38.3 Å². The molecule has 1 saturated heterocycles. The molecule has 5 rings (SSSR count). The quantitative estimate of drug-likeness (QED) is 0.309. The van der Waals surface area contributed by atoms with Crippen LogP contribution in [0.2, 0.25) is 0 Å². The third kappa shape index (κ3) is 5.98. The number of pyridine rings is 2. The molecule has 40 heavy (non-hydrogen) atoms. The van der Waals surface area contributed by atoms with Crippen molar-refractivity contribution in [1.82, 2.24) is 35.2 Å². The fraction of sp³-hybridized carbons (Fsp3) is 0.333. The van der Waals surface area contributed by atoms with Crippen LogP contribution in [0.25, 0.3) is 5.65 Å². The van der Waals surface area contributed by atoms with Crippen LogP contribution in [0.5, 0.6) is 5.75 Å². The van der Waals surface area contributed by atoms with Gasteiger partial charge in [-0.15, -0.1) is 5.10 Å². The summed E-state index contributed by atoms with van der Waals surface area (Å²) >= 11 is 0. The average Bonchev–Trinajstić information content (AvgIpc) is 3.59. The Labute approximate surface area is 228 Å². The molecular formula is C27H28F2N8O3. The first-order valence-corrected chi connectivity index (χ1v) is 12.9. The zero-order chi connectivity index (χ0) is 28.1. The molecule has 4 aromatic rings. The molecule has 2 amide bonds. The fourth-order valence-corrected chi connectivity index (χ4v) is 4.56. The van der Waals surface area contributed by atoms with E-state index >= 15 is 0 Å². The van der Waals surface area contributed by atoms with Crippen molar-refractivity contribution in [2.24, 2.45) is 0 Å². The summed E-state index contributed by atoms with van der Waals surface area (Å²) in [6.45, 7) is 2.21. The Morgan fingerprint density at radius 1 is 1.07 bits per heavy atom. The van der Waals surface area contributed by atoms with E-state index in [2.05, 4.69) is 30.7 Å². The maximum atomic E-state index is 13.0. The number of fused-ring (bicyclic) bond motifs is 1.